The number of carbonyl (C=O) groups excluding carboxylic acids is 2. The van der Waals surface area contributed by atoms with Crippen LogP contribution in [0.2, 0.25) is 0 Å². The molecule has 1 heterocycles. The van der Waals surface area contributed by atoms with Crippen LogP contribution >= 0.6 is 7.82 Å². The van der Waals surface area contributed by atoms with E-state index in [9.17, 15) is 29.0 Å². The van der Waals surface area contributed by atoms with Crippen LogP contribution in [0.5, 0.6) is 0 Å². The molecular weight excluding hydrogens is 664 g/mol. The number of alkyl halides is 1. The van der Waals surface area contributed by atoms with Gasteiger partial charge in [-0.1, -0.05) is 55.0 Å². The van der Waals surface area contributed by atoms with Crippen LogP contribution in [0.4, 0.5) is 10.1 Å². The number of fused-ring (bicyclic) bond motifs is 7. The van der Waals surface area contributed by atoms with Crippen LogP contribution < -0.4 is 5.32 Å². The Morgan fingerprint density at radius 1 is 1.12 bits per heavy atom. The van der Waals surface area contributed by atoms with E-state index >= 15 is 4.39 Å². The first-order valence-electron chi connectivity index (χ1n) is 17.3. The van der Waals surface area contributed by atoms with Crippen molar-refractivity contribution in [2.45, 2.75) is 95.6 Å². The van der Waals surface area contributed by atoms with Gasteiger partial charge in [0.2, 0.25) is 0 Å². The quantitative estimate of drug-likeness (QED) is 0.232. The monoisotopic (exact) mass is 709 g/mol. The Kier molecular flexibility index (Phi) is 8.70. The number of nitrogens with one attached hydrogen (secondary N) is 1. The third kappa shape index (κ3) is 5.48. The van der Waals surface area contributed by atoms with E-state index in [1.165, 1.54) is 12.2 Å². The highest BCUT2D eigenvalue weighted by atomic mass is 31.2. The molecule has 3 saturated carbocycles. The van der Waals surface area contributed by atoms with Crippen LogP contribution in [0.25, 0.3) is 0 Å². The summed E-state index contributed by atoms with van der Waals surface area (Å²) in [6, 6.07) is 16.2. The summed E-state index contributed by atoms with van der Waals surface area (Å²) in [6.45, 7) is 6.74. The van der Waals surface area contributed by atoms with Crippen LogP contribution in [0.3, 0.4) is 0 Å². The molecule has 0 radical (unpaired) electrons. The molecular formula is C38H45FNO9P. The number of hydrogen-bond donors (Lipinski definition) is 4. The Bertz CT molecular complexity index is 1810. The summed E-state index contributed by atoms with van der Waals surface area (Å²) >= 11 is 0. The number of benzene rings is 2. The Balaban J connectivity index is 1.19. The van der Waals surface area contributed by atoms with Gasteiger partial charge in [0.1, 0.15) is 6.61 Å². The SMILES string of the molecule is CC(C)Nc1cccc(Cc2ccc([C@@H]3O[C@@H]4C[C@H]5[C@@H]6CCC7=CC(=O)C=C[C@]7(C)[C@@]6(F)[C@@H](O)C[C@]5(C)[C@]4(C(=O)COP(=O)(O)O)O3)cc2)c1. The minimum Gasteiger partial charge on any atom is -0.390 e. The zero-order chi connectivity index (χ0) is 35.9. The first-order valence-corrected chi connectivity index (χ1v) is 18.9. The molecule has 12 heteroatoms. The zero-order valence-electron chi connectivity index (χ0n) is 28.7. The number of aliphatic hydroxyl groups excluding tert-OH is 1. The number of halogens is 1. The topological polar surface area (TPSA) is 152 Å². The average molecular weight is 710 g/mol. The predicted octanol–water partition coefficient (Wildman–Crippen LogP) is 5.91. The highest BCUT2D eigenvalue weighted by molar-refractivity contribution is 7.46. The van der Waals surface area contributed by atoms with Crippen LogP contribution in [-0.2, 0) is 34.6 Å². The summed E-state index contributed by atoms with van der Waals surface area (Å²) in [6.07, 6.45) is 2.49. The van der Waals surface area contributed by atoms with Gasteiger partial charge in [0.25, 0.3) is 0 Å². The summed E-state index contributed by atoms with van der Waals surface area (Å²) < 4.78 is 47.3. The Hall–Kier alpha value is -3.02. The molecule has 0 unspecified atom stereocenters. The lowest BCUT2D eigenvalue weighted by atomic mass is 9.44. The van der Waals surface area contributed by atoms with Crippen molar-refractivity contribution in [1.82, 2.24) is 0 Å². The lowest BCUT2D eigenvalue weighted by molar-refractivity contribution is -0.231. The Morgan fingerprint density at radius 3 is 2.56 bits per heavy atom. The summed E-state index contributed by atoms with van der Waals surface area (Å²) in [5.74, 6) is -2.15. The first-order chi connectivity index (χ1) is 23.5. The van der Waals surface area contributed by atoms with Crippen molar-refractivity contribution in [2.24, 2.45) is 22.7 Å². The van der Waals surface area contributed by atoms with E-state index in [2.05, 4.69) is 31.3 Å². The molecule has 7 rings (SSSR count). The van der Waals surface area contributed by atoms with Crippen LogP contribution in [0, 0.1) is 22.7 Å². The van der Waals surface area contributed by atoms with Crippen LogP contribution in [0.15, 0.2) is 72.3 Å². The van der Waals surface area contributed by atoms with Crippen LogP contribution in [-0.4, -0.2) is 62.6 Å². The minimum absolute atomic E-state index is 0.173. The smallest absolute Gasteiger partial charge is 0.390 e. The lowest BCUT2D eigenvalue weighted by Crippen LogP contribution is -2.69. The predicted molar refractivity (Wildman–Crippen MR) is 183 cm³/mol. The van der Waals surface area contributed by atoms with Gasteiger partial charge in [-0.2, -0.15) is 0 Å². The van der Waals surface area contributed by atoms with E-state index in [1.807, 2.05) is 36.4 Å². The normalized spacial score (nSPS) is 37.5. The second-order valence-corrected chi connectivity index (χ2v) is 16.7. The van der Waals surface area contributed by atoms with Crippen molar-refractivity contribution in [3.05, 3.63) is 89.0 Å². The molecule has 50 heavy (non-hydrogen) atoms. The molecule has 4 aliphatic carbocycles. The highest BCUT2D eigenvalue weighted by Crippen LogP contribution is 2.72. The molecule has 4 fully saturated rings. The fourth-order valence-corrected chi connectivity index (χ4v) is 10.3. The summed E-state index contributed by atoms with van der Waals surface area (Å²) in [5, 5.41) is 15.2. The average Bonchev–Trinajstić information content (AvgIpc) is 3.54. The van der Waals surface area contributed by atoms with Gasteiger partial charge in [-0.15, -0.1) is 0 Å². The molecule has 1 saturated heterocycles. The van der Waals surface area contributed by atoms with Crippen molar-refractivity contribution < 1.29 is 47.4 Å². The van der Waals surface area contributed by atoms with Crippen LogP contribution in [0.1, 0.15) is 76.4 Å². The van der Waals surface area contributed by atoms with Gasteiger partial charge in [-0.25, -0.2) is 8.96 Å². The van der Waals surface area contributed by atoms with Crippen molar-refractivity contribution in [3.8, 4) is 0 Å². The fourth-order valence-electron chi connectivity index (χ4n) is 9.99. The number of rotatable bonds is 9. The van der Waals surface area contributed by atoms with E-state index in [-0.39, 0.29) is 18.6 Å². The van der Waals surface area contributed by atoms with Gasteiger partial charge in [-0.05, 0) is 94.2 Å². The number of ketones is 2. The number of Topliss-reactive ketones (excluding diaryl/α,β-unsaturated/α-hetero) is 1. The molecule has 0 aromatic heterocycles. The van der Waals surface area contributed by atoms with Gasteiger partial charge >= 0.3 is 7.82 Å². The van der Waals surface area contributed by atoms with E-state index in [1.54, 1.807) is 19.9 Å². The van der Waals surface area contributed by atoms with E-state index in [0.29, 0.717) is 36.4 Å². The van der Waals surface area contributed by atoms with Gasteiger partial charge < -0.3 is 29.7 Å². The van der Waals surface area contributed by atoms with Crippen molar-refractivity contribution in [3.63, 3.8) is 0 Å². The molecule has 4 N–H and O–H groups in total. The molecule has 0 spiro atoms. The van der Waals surface area contributed by atoms with Gasteiger partial charge in [0.05, 0.1) is 12.2 Å². The maximum atomic E-state index is 17.7. The van der Waals surface area contributed by atoms with Crippen molar-refractivity contribution >= 4 is 25.1 Å². The second kappa shape index (κ2) is 12.3. The van der Waals surface area contributed by atoms with Crippen molar-refractivity contribution in [1.29, 1.82) is 0 Å². The van der Waals surface area contributed by atoms with Gasteiger partial charge in [0, 0.05) is 34.0 Å². The maximum absolute atomic E-state index is 17.7. The van der Waals surface area contributed by atoms with E-state index in [4.69, 9.17) is 14.0 Å². The number of anilines is 1. The zero-order valence-corrected chi connectivity index (χ0v) is 29.6. The van der Waals surface area contributed by atoms with Crippen molar-refractivity contribution in [2.75, 3.05) is 11.9 Å². The number of aliphatic hydroxyl groups is 1. The molecule has 9 atom stereocenters. The van der Waals surface area contributed by atoms with E-state index in [0.717, 1.165) is 16.8 Å². The Morgan fingerprint density at radius 2 is 1.86 bits per heavy atom. The number of hydrogen-bond acceptors (Lipinski definition) is 8. The molecule has 5 aliphatic rings. The van der Waals surface area contributed by atoms with E-state index < -0.39 is 72.6 Å². The first kappa shape index (κ1) is 35.4. The molecule has 268 valence electrons. The molecule has 2 aromatic rings. The number of phosphoric acid groups is 1. The standard InChI is InChI=1S/C38H45FNO9P/c1-22(2)40-27-7-5-6-24(17-27)16-23-8-10-25(11-9-23)34-48-33-19-30-29-13-12-26-18-28(41)14-15-35(26,3)37(29,39)31(42)20-36(30,4)38(33,49-34)32(43)21-47-50(44,45)46/h5-11,14-15,17-18,22,29-31,33-34,40,42H,12-13,16,19-21H2,1-4H3,(H2,44,45,46)/t29-,30-,31-,33+,34+,35-,36-,37-,38+/m0/s1. The maximum Gasteiger partial charge on any atom is 0.470 e. The minimum atomic E-state index is -5.03. The summed E-state index contributed by atoms with van der Waals surface area (Å²) in [4.78, 5) is 45.4. The van der Waals surface area contributed by atoms with Gasteiger partial charge in [-0.3, -0.25) is 14.1 Å². The highest BCUT2D eigenvalue weighted by Gasteiger charge is 2.79. The number of ether oxygens (including phenoxy) is 2. The number of allylic oxidation sites excluding steroid dienone is 4. The summed E-state index contributed by atoms with van der Waals surface area (Å²) in [5.41, 5.74) is -1.80. The Labute approximate surface area is 291 Å². The lowest BCUT2D eigenvalue weighted by Gasteiger charge is -2.62. The largest absolute Gasteiger partial charge is 0.470 e. The second-order valence-electron chi connectivity index (χ2n) is 15.4. The third-order valence-electron chi connectivity index (χ3n) is 12.2. The van der Waals surface area contributed by atoms with Gasteiger partial charge in [0.15, 0.2) is 29.1 Å². The summed E-state index contributed by atoms with van der Waals surface area (Å²) in [7, 11) is -5.03. The number of carbonyl (C=O) groups is 2. The number of phosphoric ester groups is 1. The molecule has 2 aromatic carbocycles. The molecule has 0 amide bonds. The third-order valence-corrected chi connectivity index (χ3v) is 12.7. The molecule has 10 nitrogen and oxygen atoms in total. The fraction of sp³-hybridized carbons (Fsp3) is 0.526. The molecule has 0 bridgehead atoms. The molecule has 1 aliphatic heterocycles.